The van der Waals surface area contributed by atoms with Gasteiger partial charge in [0.25, 0.3) is 11.8 Å². The fourth-order valence-electron chi connectivity index (χ4n) is 6.20. The van der Waals surface area contributed by atoms with Crippen LogP contribution in [0.5, 0.6) is 0 Å². The maximum Gasteiger partial charge on any atom is 0.407 e. The Labute approximate surface area is 217 Å². The number of hydrogen-bond donors (Lipinski definition) is 2. The quantitative estimate of drug-likeness (QED) is 0.359. The average molecular weight is 510 g/mol. The van der Waals surface area contributed by atoms with E-state index in [2.05, 4.69) is 19.8 Å². The molecular weight excluding hydrogens is 482 g/mol. The van der Waals surface area contributed by atoms with Crippen molar-refractivity contribution in [2.75, 3.05) is 27.2 Å². The molecule has 9 heteroatoms. The summed E-state index contributed by atoms with van der Waals surface area (Å²) in [5.74, 6) is -0.730. The summed E-state index contributed by atoms with van der Waals surface area (Å²) in [5.41, 5.74) is 4.62. The Balaban J connectivity index is 1.50. The number of carbonyl (C=O) groups excluding carboxylic acids is 3. The van der Waals surface area contributed by atoms with E-state index in [1.165, 1.54) is 0 Å². The number of amides is 3. The number of nitrogens with zero attached hydrogens (tertiary/aromatic N) is 3. The van der Waals surface area contributed by atoms with Crippen LogP contribution in [0.2, 0.25) is 0 Å². The molecule has 5 aromatic rings. The highest BCUT2D eigenvalue weighted by atomic mass is 16.6. The van der Waals surface area contributed by atoms with Crippen molar-refractivity contribution in [2.45, 2.75) is 25.6 Å². The highest BCUT2D eigenvalue weighted by Gasteiger charge is 2.37. The highest BCUT2D eigenvalue weighted by molar-refractivity contribution is 6.39. The number of fused-ring (bicyclic) bond motifs is 9. The predicted octanol–water partition coefficient (Wildman–Crippen LogP) is 3.85. The van der Waals surface area contributed by atoms with E-state index >= 15 is 0 Å². The van der Waals surface area contributed by atoms with Crippen molar-refractivity contribution in [3.63, 3.8) is 0 Å². The van der Waals surface area contributed by atoms with Gasteiger partial charge in [0.05, 0.1) is 28.7 Å². The number of likely N-dealkylation sites (N-methyl/N-ethyl adjacent to an activating group) is 1. The zero-order valence-corrected chi connectivity index (χ0v) is 21.2. The number of imide groups is 1. The van der Waals surface area contributed by atoms with Crippen LogP contribution in [0.3, 0.4) is 0 Å². The second kappa shape index (κ2) is 8.32. The van der Waals surface area contributed by atoms with Crippen LogP contribution >= 0.6 is 0 Å². The molecule has 1 unspecified atom stereocenters. The van der Waals surface area contributed by atoms with E-state index < -0.39 is 6.09 Å². The summed E-state index contributed by atoms with van der Waals surface area (Å²) in [6.45, 7) is 2.26. The molecular formula is C29H27N5O4. The van der Waals surface area contributed by atoms with Gasteiger partial charge in [0.15, 0.2) is 0 Å². The van der Waals surface area contributed by atoms with Crippen molar-refractivity contribution >= 4 is 61.5 Å². The van der Waals surface area contributed by atoms with E-state index in [1.807, 2.05) is 67.5 Å². The fraction of sp³-hybridized carbons (Fsp3) is 0.276. The third-order valence-electron chi connectivity index (χ3n) is 7.76. The molecule has 0 saturated heterocycles. The topological polar surface area (TPSA) is 97.6 Å². The van der Waals surface area contributed by atoms with Crippen molar-refractivity contribution in [3.05, 3.63) is 59.7 Å². The van der Waals surface area contributed by atoms with Crippen molar-refractivity contribution < 1.29 is 19.1 Å². The standard InChI is InChI=1S/C29H27N5O4/c1-32(2)14-12-30-29(37)38-16-11-13-33-19-9-5-3-7-17(19)21-23-24(28(36)31-27(23)35)22-18-8-4-6-10-20(18)34(15-16)26(22)25(21)33/h3-10,16H,11-15H2,1-2H3,(H,30,37)(H,31,35,36). The summed E-state index contributed by atoms with van der Waals surface area (Å²) < 4.78 is 10.3. The van der Waals surface area contributed by atoms with Gasteiger partial charge in [-0.3, -0.25) is 14.9 Å². The van der Waals surface area contributed by atoms with E-state index in [0.717, 1.165) is 50.2 Å². The van der Waals surface area contributed by atoms with Gasteiger partial charge in [-0.2, -0.15) is 0 Å². The molecule has 2 N–H and O–H groups in total. The van der Waals surface area contributed by atoms with Crippen LogP contribution in [0, 0.1) is 0 Å². The molecule has 3 aromatic carbocycles. The third-order valence-corrected chi connectivity index (χ3v) is 7.76. The zero-order valence-electron chi connectivity index (χ0n) is 21.2. The van der Waals surface area contributed by atoms with Crippen molar-refractivity contribution in [1.29, 1.82) is 0 Å². The average Bonchev–Trinajstić information content (AvgIpc) is 3.48. The lowest BCUT2D eigenvalue weighted by molar-refractivity contribution is 0.0804. The molecule has 4 heterocycles. The largest absolute Gasteiger partial charge is 0.444 e. The van der Waals surface area contributed by atoms with Crippen molar-refractivity contribution in [2.24, 2.45) is 0 Å². The summed E-state index contributed by atoms with van der Waals surface area (Å²) in [4.78, 5) is 41.1. The second-order valence-electron chi connectivity index (χ2n) is 10.3. The molecule has 192 valence electrons. The Morgan fingerprint density at radius 2 is 1.53 bits per heavy atom. The van der Waals surface area contributed by atoms with Crippen LogP contribution in [-0.2, 0) is 17.8 Å². The Kier molecular flexibility index (Phi) is 4.99. The lowest BCUT2D eigenvalue weighted by Gasteiger charge is -2.24. The number of ether oxygens (including phenoxy) is 1. The maximum atomic E-state index is 13.2. The number of benzene rings is 3. The minimum atomic E-state index is -0.438. The predicted molar refractivity (Wildman–Crippen MR) is 146 cm³/mol. The van der Waals surface area contributed by atoms with Gasteiger partial charge in [-0.05, 0) is 26.2 Å². The minimum Gasteiger partial charge on any atom is -0.444 e. The first-order valence-corrected chi connectivity index (χ1v) is 12.9. The van der Waals surface area contributed by atoms with Crippen LogP contribution in [0.4, 0.5) is 4.79 Å². The molecule has 0 bridgehead atoms. The molecule has 0 aliphatic carbocycles. The first-order chi connectivity index (χ1) is 18.4. The van der Waals surface area contributed by atoms with Gasteiger partial charge in [-0.1, -0.05) is 36.4 Å². The van der Waals surface area contributed by atoms with Crippen molar-refractivity contribution in [1.82, 2.24) is 24.7 Å². The van der Waals surface area contributed by atoms with Gasteiger partial charge in [0.2, 0.25) is 0 Å². The minimum absolute atomic E-state index is 0.357. The SMILES string of the molecule is CN(C)CCNC(=O)OC1CCn2c3ccccc3c3c4c(c5c6ccccc6n(c5c32)C1)C(=O)NC4=O. The smallest absolute Gasteiger partial charge is 0.407 e. The molecule has 38 heavy (non-hydrogen) atoms. The van der Waals surface area contributed by atoms with E-state index in [1.54, 1.807) is 0 Å². The molecule has 0 spiro atoms. The molecule has 7 rings (SSSR count). The Hall–Kier alpha value is -4.37. The first-order valence-electron chi connectivity index (χ1n) is 12.9. The number of alkyl carbamates (subject to hydrolysis) is 1. The number of aryl methyl sites for hydroxylation is 1. The molecule has 0 radical (unpaired) electrons. The number of para-hydroxylation sites is 2. The second-order valence-corrected chi connectivity index (χ2v) is 10.3. The summed E-state index contributed by atoms with van der Waals surface area (Å²) in [7, 11) is 3.91. The molecule has 2 aromatic heterocycles. The molecule has 9 nitrogen and oxygen atoms in total. The van der Waals surface area contributed by atoms with Gasteiger partial charge in [-0.15, -0.1) is 0 Å². The molecule has 2 aliphatic rings. The monoisotopic (exact) mass is 509 g/mol. The van der Waals surface area contributed by atoms with E-state index in [-0.39, 0.29) is 17.9 Å². The van der Waals surface area contributed by atoms with E-state index in [4.69, 9.17) is 4.74 Å². The molecule has 0 saturated carbocycles. The number of rotatable bonds is 4. The van der Waals surface area contributed by atoms with E-state index in [9.17, 15) is 14.4 Å². The van der Waals surface area contributed by atoms with Crippen LogP contribution in [0.15, 0.2) is 48.5 Å². The lowest BCUT2D eigenvalue weighted by Crippen LogP contribution is -2.36. The van der Waals surface area contributed by atoms with Gasteiger partial charge in [-0.25, -0.2) is 4.79 Å². The zero-order chi connectivity index (χ0) is 26.1. The summed E-state index contributed by atoms with van der Waals surface area (Å²) in [6, 6.07) is 15.9. The number of aromatic nitrogens is 2. The molecule has 1 atom stereocenters. The van der Waals surface area contributed by atoms with Gasteiger partial charge < -0.3 is 24.1 Å². The van der Waals surface area contributed by atoms with Crippen molar-refractivity contribution in [3.8, 4) is 0 Å². The Morgan fingerprint density at radius 3 is 2.16 bits per heavy atom. The molecule has 2 aliphatic heterocycles. The fourth-order valence-corrected chi connectivity index (χ4v) is 6.20. The third kappa shape index (κ3) is 3.18. The highest BCUT2D eigenvalue weighted by Crippen LogP contribution is 2.45. The molecule has 0 fully saturated rings. The normalized spacial score (nSPS) is 17.0. The van der Waals surface area contributed by atoms with E-state index in [0.29, 0.717) is 37.2 Å². The first kappa shape index (κ1) is 22.8. The van der Waals surface area contributed by atoms with Crippen LogP contribution in [0.25, 0.3) is 43.6 Å². The summed E-state index contributed by atoms with van der Waals surface area (Å²) >= 11 is 0. The Morgan fingerprint density at radius 1 is 0.947 bits per heavy atom. The van der Waals surface area contributed by atoms with Gasteiger partial charge in [0, 0.05) is 58.6 Å². The Bertz CT molecular complexity index is 1830. The maximum absolute atomic E-state index is 13.2. The van der Waals surface area contributed by atoms with Crippen LogP contribution in [0.1, 0.15) is 27.1 Å². The van der Waals surface area contributed by atoms with Gasteiger partial charge in [0.1, 0.15) is 6.10 Å². The number of nitrogens with one attached hydrogen (secondary N) is 2. The number of hydrogen-bond acceptors (Lipinski definition) is 5. The van der Waals surface area contributed by atoms with Gasteiger partial charge >= 0.3 is 6.09 Å². The molecule has 3 amide bonds. The summed E-state index contributed by atoms with van der Waals surface area (Å²) in [6.07, 6.45) is -0.224. The van der Waals surface area contributed by atoms with Crippen LogP contribution in [-0.4, -0.2) is 65.2 Å². The van der Waals surface area contributed by atoms with Crippen LogP contribution < -0.4 is 10.6 Å². The number of carbonyl (C=O) groups is 3. The lowest BCUT2D eigenvalue weighted by atomic mass is 9.96. The summed E-state index contributed by atoms with van der Waals surface area (Å²) in [5, 5.41) is 8.81.